The van der Waals surface area contributed by atoms with Gasteiger partial charge in [-0.3, -0.25) is 4.90 Å². The fraction of sp³-hybridized carbons (Fsp3) is 0.200. The van der Waals surface area contributed by atoms with Gasteiger partial charge in [0, 0.05) is 13.1 Å². The minimum Gasteiger partial charge on any atom is -0.273 e. The highest BCUT2D eigenvalue weighted by Gasteiger charge is 2.18. The summed E-state index contributed by atoms with van der Waals surface area (Å²) in [6.07, 6.45) is 0. The first-order valence-corrected chi connectivity index (χ1v) is 6.05. The van der Waals surface area contributed by atoms with Crippen molar-refractivity contribution in [2.75, 3.05) is 6.67 Å². The third-order valence-corrected chi connectivity index (χ3v) is 3.36. The first-order chi connectivity index (χ1) is 8.86. The van der Waals surface area contributed by atoms with E-state index in [1.165, 1.54) is 22.3 Å². The van der Waals surface area contributed by atoms with E-state index in [-0.39, 0.29) is 6.67 Å². The fourth-order valence-electron chi connectivity index (χ4n) is 2.46. The van der Waals surface area contributed by atoms with Crippen molar-refractivity contribution >= 4 is 0 Å². The molecule has 2 aromatic rings. The van der Waals surface area contributed by atoms with Crippen LogP contribution in [0.1, 0.15) is 11.1 Å². The molecule has 0 radical (unpaired) electrons. The Balaban J connectivity index is 1.90. The summed E-state index contributed by atoms with van der Waals surface area (Å²) in [5.74, 6) is 0. The van der Waals surface area contributed by atoms with Gasteiger partial charge in [-0.1, -0.05) is 47.6 Å². The molecule has 0 N–H and O–H groups in total. The van der Waals surface area contributed by atoms with E-state index < -0.39 is 0 Å². The van der Waals surface area contributed by atoms with E-state index in [0.717, 1.165) is 13.1 Å². The van der Waals surface area contributed by atoms with Gasteiger partial charge in [0.2, 0.25) is 0 Å². The molecule has 3 nitrogen and oxygen atoms in total. The van der Waals surface area contributed by atoms with Gasteiger partial charge in [-0.25, -0.2) is 0 Å². The lowest BCUT2D eigenvalue weighted by atomic mass is 10.0. The van der Waals surface area contributed by atoms with Crippen molar-refractivity contribution in [3.8, 4) is 11.1 Å². The second-order valence-electron chi connectivity index (χ2n) is 4.61. The largest absolute Gasteiger partial charge is 0.273 e. The SMILES string of the molecule is O=NCN1Cc2ccc(-c3ccccc3)cc2C1. The van der Waals surface area contributed by atoms with Crippen molar-refractivity contribution < 1.29 is 0 Å². The maximum Gasteiger partial charge on any atom is 0.134 e. The number of nitrogens with zero attached hydrogens (tertiary/aromatic N) is 2. The molecule has 0 bridgehead atoms. The summed E-state index contributed by atoms with van der Waals surface area (Å²) < 4.78 is 0. The van der Waals surface area contributed by atoms with Crippen LogP contribution < -0.4 is 0 Å². The monoisotopic (exact) mass is 238 g/mol. The molecule has 1 aliphatic heterocycles. The van der Waals surface area contributed by atoms with E-state index in [1.54, 1.807) is 0 Å². The number of hydrogen-bond donors (Lipinski definition) is 0. The molecular weight excluding hydrogens is 224 g/mol. The molecule has 0 spiro atoms. The van der Waals surface area contributed by atoms with Gasteiger partial charge in [-0.2, -0.15) is 0 Å². The zero-order valence-corrected chi connectivity index (χ0v) is 10.0. The maximum absolute atomic E-state index is 10.3. The summed E-state index contributed by atoms with van der Waals surface area (Å²) in [7, 11) is 0. The summed E-state index contributed by atoms with van der Waals surface area (Å²) in [6, 6.07) is 16.9. The van der Waals surface area contributed by atoms with Gasteiger partial charge in [0.05, 0.1) is 0 Å². The Morgan fingerprint density at radius 2 is 1.72 bits per heavy atom. The van der Waals surface area contributed by atoms with Crippen LogP contribution in [0.3, 0.4) is 0 Å². The third kappa shape index (κ3) is 2.05. The normalized spacial score (nSPS) is 14.4. The van der Waals surface area contributed by atoms with Crippen LogP contribution in [0.15, 0.2) is 53.7 Å². The number of hydrogen-bond acceptors (Lipinski definition) is 3. The summed E-state index contributed by atoms with van der Waals surface area (Å²) in [5.41, 5.74) is 5.07. The van der Waals surface area contributed by atoms with E-state index in [9.17, 15) is 4.91 Å². The van der Waals surface area contributed by atoms with Crippen LogP contribution in [0.25, 0.3) is 11.1 Å². The summed E-state index contributed by atoms with van der Waals surface area (Å²) in [5, 5.41) is 2.96. The lowest BCUT2D eigenvalue weighted by Crippen LogP contribution is -2.15. The Labute approximate surface area is 106 Å². The molecule has 0 fully saturated rings. The maximum atomic E-state index is 10.3. The Bertz CT molecular complexity index is 566. The molecule has 0 saturated carbocycles. The van der Waals surface area contributed by atoms with Crippen molar-refractivity contribution in [3.63, 3.8) is 0 Å². The average Bonchev–Trinajstić information content (AvgIpc) is 2.81. The van der Waals surface area contributed by atoms with E-state index in [2.05, 4.69) is 35.5 Å². The highest BCUT2D eigenvalue weighted by Crippen LogP contribution is 2.28. The molecule has 0 aromatic heterocycles. The molecule has 0 aliphatic carbocycles. The predicted molar refractivity (Wildman–Crippen MR) is 71.8 cm³/mol. The molecule has 2 aromatic carbocycles. The van der Waals surface area contributed by atoms with Gasteiger partial charge in [0.25, 0.3) is 0 Å². The van der Waals surface area contributed by atoms with Gasteiger partial charge in [0.15, 0.2) is 0 Å². The average molecular weight is 238 g/mol. The number of nitroso groups, excluding NO2 is 1. The highest BCUT2D eigenvalue weighted by atomic mass is 16.3. The van der Waals surface area contributed by atoms with Crippen molar-refractivity contribution in [1.82, 2.24) is 4.90 Å². The lowest BCUT2D eigenvalue weighted by Gasteiger charge is -2.07. The van der Waals surface area contributed by atoms with Crippen LogP contribution in [0, 0.1) is 4.91 Å². The van der Waals surface area contributed by atoms with Crippen LogP contribution in [0.4, 0.5) is 0 Å². The quantitative estimate of drug-likeness (QED) is 0.768. The lowest BCUT2D eigenvalue weighted by molar-refractivity contribution is 0.293. The van der Waals surface area contributed by atoms with Gasteiger partial charge < -0.3 is 0 Å². The van der Waals surface area contributed by atoms with E-state index >= 15 is 0 Å². The second kappa shape index (κ2) is 4.70. The molecule has 1 aliphatic rings. The molecule has 0 saturated heterocycles. The predicted octanol–water partition coefficient (Wildman–Crippen LogP) is 3.39. The molecule has 3 rings (SSSR count). The van der Waals surface area contributed by atoms with Crippen molar-refractivity contribution in [2.24, 2.45) is 5.18 Å². The summed E-state index contributed by atoms with van der Waals surface area (Å²) in [6.45, 7) is 1.92. The zero-order chi connectivity index (χ0) is 12.4. The molecule has 0 amide bonds. The number of fused-ring (bicyclic) bond motifs is 1. The first kappa shape index (κ1) is 11.1. The molecule has 1 heterocycles. The van der Waals surface area contributed by atoms with Crippen molar-refractivity contribution in [2.45, 2.75) is 13.1 Å². The zero-order valence-electron chi connectivity index (χ0n) is 10.0. The Morgan fingerprint density at radius 3 is 2.50 bits per heavy atom. The molecular formula is C15H14N2O. The molecule has 90 valence electrons. The van der Waals surface area contributed by atoms with Gasteiger partial charge in [0.1, 0.15) is 6.67 Å². The summed E-state index contributed by atoms with van der Waals surface area (Å²) >= 11 is 0. The fourth-order valence-corrected chi connectivity index (χ4v) is 2.46. The molecule has 0 unspecified atom stereocenters. The van der Waals surface area contributed by atoms with Crippen LogP contribution in [0.2, 0.25) is 0 Å². The van der Waals surface area contributed by atoms with Gasteiger partial charge >= 0.3 is 0 Å². The van der Waals surface area contributed by atoms with Crippen LogP contribution >= 0.6 is 0 Å². The van der Waals surface area contributed by atoms with Gasteiger partial charge in [-0.15, -0.1) is 4.91 Å². The topological polar surface area (TPSA) is 32.7 Å². The van der Waals surface area contributed by atoms with Crippen LogP contribution in [-0.4, -0.2) is 11.6 Å². The van der Waals surface area contributed by atoms with Crippen molar-refractivity contribution in [3.05, 3.63) is 64.6 Å². The minimum atomic E-state index is 0.273. The minimum absolute atomic E-state index is 0.273. The van der Waals surface area contributed by atoms with E-state index in [0.29, 0.717) is 0 Å². The Morgan fingerprint density at radius 1 is 0.944 bits per heavy atom. The number of rotatable bonds is 3. The van der Waals surface area contributed by atoms with Crippen LogP contribution in [0.5, 0.6) is 0 Å². The first-order valence-electron chi connectivity index (χ1n) is 6.05. The van der Waals surface area contributed by atoms with E-state index in [4.69, 9.17) is 0 Å². The van der Waals surface area contributed by atoms with Crippen LogP contribution in [-0.2, 0) is 13.1 Å². The van der Waals surface area contributed by atoms with Gasteiger partial charge in [-0.05, 0) is 28.3 Å². The van der Waals surface area contributed by atoms with E-state index in [1.807, 2.05) is 23.1 Å². The standard InChI is InChI=1S/C15H14N2O/c18-16-11-17-9-14-7-6-13(8-15(14)10-17)12-4-2-1-3-5-12/h1-8H,9-11H2. The van der Waals surface area contributed by atoms with Crippen molar-refractivity contribution in [1.29, 1.82) is 0 Å². The molecule has 0 atom stereocenters. The Hall–Kier alpha value is -2.00. The second-order valence-corrected chi connectivity index (χ2v) is 4.61. The molecule has 3 heteroatoms. The highest BCUT2D eigenvalue weighted by molar-refractivity contribution is 5.65. The third-order valence-electron chi connectivity index (χ3n) is 3.36. The Kier molecular flexibility index (Phi) is 2.90. The number of benzene rings is 2. The summed E-state index contributed by atoms with van der Waals surface area (Å²) in [4.78, 5) is 12.4. The smallest absolute Gasteiger partial charge is 0.134 e. The molecule has 18 heavy (non-hydrogen) atoms.